The summed E-state index contributed by atoms with van der Waals surface area (Å²) in [6, 6.07) is 15.3. The lowest BCUT2D eigenvalue weighted by Gasteiger charge is -2.13. The molecule has 0 bridgehead atoms. The van der Waals surface area contributed by atoms with Gasteiger partial charge in [-0.2, -0.15) is 0 Å². The average Bonchev–Trinajstić information content (AvgIpc) is 3.20. The maximum Gasteiger partial charge on any atom is 0.329 e. The van der Waals surface area contributed by atoms with Gasteiger partial charge in [-0.1, -0.05) is 58.0 Å². The molecule has 2 aliphatic rings. The Hall–Kier alpha value is -2.98. The van der Waals surface area contributed by atoms with Gasteiger partial charge in [0.15, 0.2) is 0 Å². The minimum Gasteiger partial charge on any atom is -0.325 e. The Balaban J connectivity index is 1.28. The van der Waals surface area contributed by atoms with Gasteiger partial charge in [0.1, 0.15) is 12.1 Å². The number of carbonyl (C=O) groups is 4. The van der Waals surface area contributed by atoms with Crippen LogP contribution in [0.5, 0.6) is 0 Å². The third-order valence-electron chi connectivity index (χ3n) is 4.62. The molecule has 2 saturated heterocycles. The van der Waals surface area contributed by atoms with Crippen molar-refractivity contribution in [1.29, 1.82) is 0 Å². The summed E-state index contributed by atoms with van der Waals surface area (Å²) in [5.74, 6) is 0.102. The number of urea groups is 2. The smallest absolute Gasteiger partial charge is 0.325 e. The molecule has 0 aliphatic carbocycles. The molecule has 2 aromatic carbocycles. The fourth-order valence-electron chi connectivity index (χ4n) is 3.16. The van der Waals surface area contributed by atoms with Crippen LogP contribution >= 0.6 is 21.6 Å². The Morgan fingerprint density at radius 2 is 1.00 bits per heavy atom. The first-order valence-corrected chi connectivity index (χ1v) is 11.7. The van der Waals surface area contributed by atoms with Crippen molar-refractivity contribution >= 4 is 56.8 Å². The monoisotopic (exact) mass is 442 g/mol. The molecular formula is C20H18N4O4S2. The number of benzene rings is 2. The predicted molar refractivity (Wildman–Crippen MR) is 117 cm³/mol. The molecule has 2 N–H and O–H groups in total. The quantitative estimate of drug-likeness (QED) is 0.389. The van der Waals surface area contributed by atoms with E-state index in [2.05, 4.69) is 10.6 Å². The molecule has 154 valence electrons. The van der Waals surface area contributed by atoms with E-state index in [1.807, 2.05) is 12.1 Å². The standard InChI is InChI=1S/C20H18N4O4S2/c25-17-15(21-19(27)23(17)13-7-3-1-4-8-13)11-29-30-12-16-18(26)24(20(28)22-16)14-9-5-2-6-10-14/h1-10,15-16H,11-12H2,(H,21,27)(H,22,28)/t15-,16-/m1/s1. The van der Waals surface area contributed by atoms with Crippen LogP contribution in [0.3, 0.4) is 0 Å². The topological polar surface area (TPSA) is 98.8 Å². The van der Waals surface area contributed by atoms with Gasteiger partial charge in [-0.25, -0.2) is 19.4 Å². The average molecular weight is 443 g/mol. The van der Waals surface area contributed by atoms with Crippen LogP contribution in [-0.4, -0.2) is 47.5 Å². The van der Waals surface area contributed by atoms with E-state index in [0.717, 1.165) is 9.80 Å². The van der Waals surface area contributed by atoms with Crippen molar-refractivity contribution in [2.24, 2.45) is 0 Å². The first-order chi connectivity index (χ1) is 14.6. The second-order valence-electron chi connectivity index (χ2n) is 6.59. The minimum atomic E-state index is -0.634. The molecule has 2 fully saturated rings. The summed E-state index contributed by atoms with van der Waals surface area (Å²) in [6.07, 6.45) is 0. The predicted octanol–water partition coefficient (Wildman–Crippen LogP) is 2.62. The van der Waals surface area contributed by atoms with Gasteiger partial charge in [-0.3, -0.25) is 9.59 Å². The lowest BCUT2D eigenvalue weighted by atomic mass is 10.3. The van der Waals surface area contributed by atoms with Gasteiger partial charge in [0.25, 0.3) is 11.8 Å². The summed E-state index contributed by atoms with van der Waals surface area (Å²) in [4.78, 5) is 51.7. The van der Waals surface area contributed by atoms with Gasteiger partial charge in [0.2, 0.25) is 0 Å². The number of nitrogens with zero attached hydrogens (tertiary/aromatic N) is 2. The second kappa shape index (κ2) is 8.80. The summed E-state index contributed by atoms with van der Waals surface area (Å²) in [5, 5.41) is 5.37. The van der Waals surface area contributed by atoms with E-state index in [-0.39, 0.29) is 11.8 Å². The zero-order valence-corrected chi connectivity index (χ0v) is 17.3. The molecule has 2 aliphatic heterocycles. The highest BCUT2D eigenvalue weighted by atomic mass is 33.1. The van der Waals surface area contributed by atoms with Crippen LogP contribution in [-0.2, 0) is 9.59 Å². The molecular weight excluding hydrogens is 424 g/mol. The molecule has 30 heavy (non-hydrogen) atoms. The number of rotatable bonds is 7. The number of hydrogen-bond acceptors (Lipinski definition) is 6. The largest absolute Gasteiger partial charge is 0.329 e. The number of amides is 6. The van der Waals surface area contributed by atoms with Gasteiger partial charge < -0.3 is 10.6 Å². The number of imide groups is 2. The second-order valence-corrected chi connectivity index (χ2v) is 9.14. The summed E-state index contributed by atoms with van der Waals surface area (Å²) < 4.78 is 0. The normalized spacial score (nSPS) is 21.2. The van der Waals surface area contributed by atoms with Gasteiger partial charge in [-0.05, 0) is 24.3 Å². The van der Waals surface area contributed by atoms with E-state index in [4.69, 9.17) is 0 Å². The van der Waals surface area contributed by atoms with Crippen molar-refractivity contribution in [1.82, 2.24) is 10.6 Å². The highest BCUT2D eigenvalue weighted by Crippen LogP contribution is 2.28. The summed E-state index contributed by atoms with van der Waals surface area (Å²) >= 11 is 0. The lowest BCUT2D eigenvalue weighted by Crippen LogP contribution is -2.33. The van der Waals surface area contributed by atoms with E-state index in [0.29, 0.717) is 22.9 Å². The first kappa shape index (κ1) is 20.3. The lowest BCUT2D eigenvalue weighted by molar-refractivity contribution is -0.118. The van der Waals surface area contributed by atoms with Crippen molar-refractivity contribution in [2.45, 2.75) is 12.1 Å². The van der Waals surface area contributed by atoms with Crippen LogP contribution in [0, 0.1) is 0 Å². The first-order valence-electron chi connectivity index (χ1n) is 9.19. The number of anilines is 2. The molecule has 0 saturated carbocycles. The number of nitrogens with one attached hydrogen (secondary N) is 2. The highest BCUT2D eigenvalue weighted by molar-refractivity contribution is 8.76. The Kier molecular flexibility index (Phi) is 5.96. The van der Waals surface area contributed by atoms with Gasteiger partial charge in [0, 0.05) is 11.5 Å². The van der Waals surface area contributed by atoms with Crippen LogP contribution in [0.15, 0.2) is 60.7 Å². The molecule has 2 heterocycles. The number of carbonyl (C=O) groups excluding carboxylic acids is 4. The van der Waals surface area contributed by atoms with E-state index in [1.54, 1.807) is 48.5 Å². The maximum absolute atomic E-state index is 12.6. The van der Waals surface area contributed by atoms with Crippen molar-refractivity contribution in [3.8, 4) is 0 Å². The molecule has 10 heteroatoms. The maximum atomic E-state index is 12.6. The molecule has 0 unspecified atom stereocenters. The fourth-order valence-corrected chi connectivity index (χ4v) is 5.47. The Bertz CT molecular complexity index is 894. The van der Waals surface area contributed by atoms with Gasteiger partial charge in [-0.15, -0.1) is 0 Å². The Morgan fingerprint density at radius 1 is 0.633 bits per heavy atom. The zero-order valence-electron chi connectivity index (χ0n) is 15.7. The van der Waals surface area contributed by atoms with E-state index >= 15 is 0 Å². The third kappa shape index (κ3) is 4.01. The molecule has 0 aromatic heterocycles. The summed E-state index contributed by atoms with van der Waals surface area (Å²) in [7, 11) is 2.75. The van der Waals surface area contributed by atoms with Crippen molar-refractivity contribution in [3.63, 3.8) is 0 Å². The number of para-hydroxylation sites is 2. The van der Waals surface area contributed by atoms with Crippen LogP contribution < -0.4 is 20.4 Å². The Morgan fingerprint density at radius 3 is 1.37 bits per heavy atom. The highest BCUT2D eigenvalue weighted by Gasteiger charge is 2.40. The van der Waals surface area contributed by atoms with Crippen LogP contribution in [0.4, 0.5) is 21.0 Å². The van der Waals surface area contributed by atoms with E-state index in [9.17, 15) is 19.2 Å². The van der Waals surface area contributed by atoms with Crippen LogP contribution in [0.2, 0.25) is 0 Å². The van der Waals surface area contributed by atoms with Gasteiger partial charge in [0.05, 0.1) is 11.4 Å². The van der Waals surface area contributed by atoms with Gasteiger partial charge >= 0.3 is 12.1 Å². The van der Waals surface area contributed by atoms with Crippen LogP contribution in [0.25, 0.3) is 0 Å². The molecule has 0 spiro atoms. The molecule has 2 aromatic rings. The van der Waals surface area contributed by atoms with E-state index < -0.39 is 24.1 Å². The van der Waals surface area contributed by atoms with Crippen molar-refractivity contribution in [3.05, 3.63) is 60.7 Å². The van der Waals surface area contributed by atoms with E-state index in [1.165, 1.54) is 21.6 Å². The van der Waals surface area contributed by atoms with Crippen LogP contribution in [0.1, 0.15) is 0 Å². The minimum absolute atomic E-state index is 0.306. The summed E-state index contributed by atoms with van der Waals surface area (Å²) in [6.45, 7) is 0. The molecule has 4 rings (SSSR count). The zero-order chi connectivity index (χ0) is 21.1. The van der Waals surface area contributed by atoms with Crippen molar-refractivity contribution < 1.29 is 19.2 Å². The summed E-state index contributed by atoms with van der Waals surface area (Å²) in [5.41, 5.74) is 1.06. The molecule has 0 radical (unpaired) electrons. The molecule has 8 nitrogen and oxygen atoms in total. The number of hydrogen-bond donors (Lipinski definition) is 2. The SMILES string of the molecule is O=C1N[C@H](CSSC[C@H]2NC(=O)N(c3ccccc3)C2=O)C(=O)N1c1ccccc1. The molecule has 2 atom stereocenters. The molecule has 6 amide bonds. The Labute approximate surface area is 180 Å². The third-order valence-corrected chi connectivity index (χ3v) is 7.04. The van der Waals surface area contributed by atoms with Crippen molar-refractivity contribution in [2.75, 3.05) is 21.3 Å². The fraction of sp³-hybridized carbons (Fsp3) is 0.200.